The van der Waals surface area contributed by atoms with Crippen LogP contribution >= 0.6 is 0 Å². The van der Waals surface area contributed by atoms with Crippen molar-refractivity contribution < 1.29 is 0 Å². The van der Waals surface area contributed by atoms with Crippen molar-refractivity contribution in [2.75, 3.05) is 0 Å². The zero-order valence-corrected chi connectivity index (χ0v) is 8.85. The number of allylic oxidation sites excluding steroid dienone is 4. The summed E-state index contributed by atoms with van der Waals surface area (Å²) in [7, 11) is 0. The Labute approximate surface area is 81.1 Å². The maximum Gasteiger partial charge on any atom is 0.0348 e. The van der Waals surface area contributed by atoms with Crippen LogP contribution in [0.25, 0.3) is 0 Å². The van der Waals surface area contributed by atoms with Gasteiger partial charge in [0.2, 0.25) is 0 Å². The largest absolute Gasteiger partial charge is 0.305 e. The van der Waals surface area contributed by atoms with Crippen LogP contribution < -0.4 is 0 Å². The van der Waals surface area contributed by atoms with Crippen LogP contribution in [-0.2, 0) is 0 Å². The van der Waals surface area contributed by atoms with Crippen molar-refractivity contribution in [1.29, 1.82) is 5.41 Å². The third-order valence-electron chi connectivity index (χ3n) is 2.54. The summed E-state index contributed by atoms with van der Waals surface area (Å²) >= 11 is 0. The Morgan fingerprint density at radius 2 is 2.31 bits per heavy atom. The highest BCUT2D eigenvalue weighted by molar-refractivity contribution is 5.98. The summed E-state index contributed by atoms with van der Waals surface area (Å²) in [5, 5.41) is 7.91. The molecule has 0 aromatic heterocycles. The van der Waals surface area contributed by atoms with Gasteiger partial charge in [-0.15, -0.1) is 0 Å². The van der Waals surface area contributed by atoms with Gasteiger partial charge < -0.3 is 5.41 Å². The fourth-order valence-corrected chi connectivity index (χ4v) is 1.72. The first kappa shape index (κ1) is 10.2. The van der Waals surface area contributed by atoms with Gasteiger partial charge in [0.05, 0.1) is 0 Å². The lowest BCUT2D eigenvalue weighted by Crippen LogP contribution is -2.09. The van der Waals surface area contributed by atoms with Crippen LogP contribution in [0.5, 0.6) is 0 Å². The van der Waals surface area contributed by atoms with Gasteiger partial charge in [-0.05, 0) is 36.8 Å². The first-order chi connectivity index (χ1) is 6.15. The van der Waals surface area contributed by atoms with Crippen LogP contribution in [0.3, 0.4) is 0 Å². The fraction of sp³-hybridized carbons (Fsp3) is 0.583. The van der Waals surface area contributed by atoms with Crippen LogP contribution in [0.2, 0.25) is 0 Å². The van der Waals surface area contributed by atoms with E-state index in [1.165, 1.54) is 11.1 Å². The molecule has 1 heteroatoms. The van der Waals surface area contributed by atoms with E-state index in [0.717, 1.165) is 25.0 Å². The maximum absolute atomic E-state index is 7.91. The number of hydrogen-bond acceptors (Lipinski definition) is 1. The highest BCUT2D eigenvalue weighted by Crippen LogP contribution is 2.24. The second kappa shape index (κ2) is 4.40. The topological polar surface area (TPSA) is 23.9 Å². The lowest BCUT2D eigenvalue weighted by atomic mass is 9.87. The molecule has 0 aromatic carbocycles. The van der Waals surface area contributed by atoms with E-state index in [0.29, 0.717) is 5.92 Å². The van der Waals surface area contributed by atoms with E-state index in [1.807, 2.05) is 0 Å². The summed E-state index contributed by atoms with van der Waals surface area (Å²) in [6.45, 7) is 6.45. The quantitative estimate of drug-likeness (QED) is 0.635. The molecule has 0 fully saturated rings. The molecular formula is C12H19N. The number of hydrogen-bond donors (Lipinski definition) is 1. The first-order valence-corrected chi connectivity index (χ1v) is 5.11. The molecule has 13 heavy (non-hydrogen) atoms. The van der Waals surface area contributed by atoms with Crippen molar-refractivity contribution in [3.63, 3.8) is 0 Å². The molecule has 1 N–H and O–H groups in total. The second-order valence-electron chi connectivity index (χ2n) is 3.93. The summed E-state index contributed by atoms with van der Waals surface area (Å²) in [5.41, 5.74) is 3.41. The smallest absolute Gasteiger partial charge is 0.0348 e. The maximum atomic E-state index is 7.91. The molecule has 1 atom stereocenters. The predicted octanol–water partition coefficient (Wildman–Crippen LogP) is 3.72. The van der Waals surface area contributed by atoms with Gasteiger partial charge in [-0.3, -0.25) is 0 Å². The summed E-state index contributed by atoms with van der Waals surface area (Å²) in [6, 6.07) is 0. The van der Waals surface area contributed by atoms with E-state index in [1.54, 1.807) is 0 Å². The van der Waals surface area contributed by atoms with Gasteiger partial charge in [0, 0.05) is 5.71 Å². The molecule has 0 aliphatic heterocycles. The lowest BCUT2D eigenvalue weighted by molar-refractivity contribution is 0.713. The third-order valence-corrected chi connectivity index (χ3v) is 2.54. The highest BCUT2D eigenvalue weighted by atomic mass is 14.4. The van der Waals surface area contributed by atoms with Gasteiger partial charge in [0.25, 0.3) is 0 Å². The molecule has 0 radical (unpaired) electrons. The molecule has 1 unspecified atom stereocenters. The Morgan fingerprint density at radius 3 is 2.92 bits per heavy atom. The van der Waals surface area contributed by atoms with Crippen molar-refractivity contribution in [3.8, 4) is 0 Å². The lowest BCUT2D eigenvalue weighted by Gasteiger charge is -2.18. The standard InChI is InChI=1S/C12H19N/c1-4-5-12(13)11-8-9(2)6-7-10(11)3/h6-7,9,13H,4-5,8H2,1-3H3. The Morgan fingerprint density at radius 1 is 1.62 bits per heavy atom. The molecule has 0 bridgehead atoms. The van der Waals surface area contributed by atoms with E-state index in [9.17, 15) is 0 Å². The molecule has 1 nitrogen and oxygen atoms in total. The minimum Gasteiger partial charge on any atom is -0.305 e. The van der Waals surface area contributed by atoms with Crippen molar-refractivity contribution in [1.82, 2.24) is 0 Å². The normalized spacial score (nSPS) is 22.2. The predicted molar refractivity (Wildman–Crippen MR) is 58.3 cm³/mol. The Bertz CT molecular complexity index is 258. The molecule has 1 aliphatic rings. The molecular weight excluding hydrogens is 158 g/mol. The van der Waals surface area contributed by atoms with Gasteiger partial charge in [-0.25, -0.2) is 0 Å². The zero-order valence-electron chi connectivity index (χ0n) is 8.85. The van der Waals surface area contributed by atoms with E-state index in [4.69, 9.17) is 5.41 Å². The van der Waals surface area contributed by atoms with Crippen LogP contribution in [0, 0.1) is 11.3 Å². The van der Waals surface area contributed by atoms with Crippen LogP contribution in [0.1, 0.15) is 40.0 Å². The molecule has 0 amide bonds. The van der Waals surface area contributed by atoms with E-state index in [2.05, 4.69) is 32.9 Å². The Balaban J connectivity index is 2.77. The molecule has 0 aromatic rings. The minimum atomic E-state index is 0.607. The van der Waals surface area contributed by atoms with E-state index in [-0.39, 0.29) is 0 Å². The van der Waals surface area contributed by atoms with Crippen molar-refractivity contribution in [2.45, 2.75) is 40.0 Å². The summed E-state index contributed by atoms with van der Waals surface area (Å²) < 4.78 is 0. The Hall–Kier alpha value is -0.850. The van der Waals surface area contributed by atoms with Crippen molar-refractivity contribution in [2.24, 2.45) is 5.92 Å². The monoisotopic (exact) mass is 177 g/mol. The minimum absolute atomic E-state index is 0.607. The molecule has 0 spiro atoms. The van der Waals surface area contributed by atoms with Gasteiger partial charge in [0.1, 0.15) is 0 Å². The SMILES string of the molecule is CCCC(=N)C1=C(C)C=CC(C)C1. The fourth-order valence-electron chi connectivity index (χ4n) is 1.72. The number of nitrogens with one attached hydrogen (secondary N) is 1. The third kappa shape index (κ3) is 2.55. The second-order valence-corrected chi connectivity index (χ2v) is 3.93. The van der Waals surface area contributed by atoms with E-state index < -0.39 is 0 Å². The summed E-state index contributed by atoms with van der Waals surface area (Å²) in [6.07, 6.45) is 7.45. The van der Waals surface area contributed by atoms with Crippen molar-refractivity contribution >= 4 is 5.71 Å². The van der Waals surface area contributed by atoms with Crippen LogP contribution in [-0.4, -0.2) is 5.71 Å². The first-order valence-electron chi connectivity index (χ1n) is 5.11. The van der Waals surface area contributed by atoms with Crippen LogP contribution in [0.4, 0.5) is 0 Å². The number of rotatable bonds is 3. The molecule has 0 saturated heterocycles. The van der Waals surface area contributed by atoms with Gasteiger partial charge >= 0.3 is 0 Å². The molecule has 0 heterocycles. The molecule has 1 aliphatic carbocycles. The summed E-state index contributed by atoms with van der Waals surface area (Å²) in [4.78, 5) is 0. The highest BCUT2D eigenvalue weighted by Gasteiger charge is 2.13. The van der Waals surface area contributed by atoms with Crippen LogP contribution in [0.15, 0.2) is 23.3 Å². The Kier molecular flexibility index (Phi) is 3.47. The molecule has 0 saturated carbocycles. The van der Waals surface area contributed by atoms with Crippen molar-refractivity contribution in [3.05, 3.63) is 23.3 Å². The van der Waals surface area contributed by atoms with E-state index >= 15 is 0 Å². The van der Waals surface area contributed by atoms with Gasteiger partial charge in [-0.2, -0.15) is 0 Å². The molecule has 1 rings (SSSR count). The molecule has 72 valence electrons. The summed E-state index contributed by atoms with van der Waals surface area (Å²) in [5.74, 6) is 0.607. The average molecular weight is 177 g/mol. The average Bonchev–Trinajstić information content (AvgIpc) is 2.09. The zero-order chi connectivity index (χ0) is 9.84. The van der Waals surface area contributed by atoms with Gasteiger partial charge in [0.15, 0.2) is 0 Å². The van der Waals surface area contributed by atoms with Gasteiger partial charge in [-0.1, -0.05) is 32.4 Å².